The molecular weight excluding hydrogens is 426 g/mol. The van der Waals surface area contributed by atoms with Crippen LogP contribution in [0, 0.1) is 20.8 Å². The molecule has 9 heteroatoms. The Kier molecular flexibility index (Phi) is 6.18. The zero-order chi connectivity index (χ0) is 23.8. The summed E-state index contributed by atoms with van der Waals surface area (Å²) in [4.78, 5) is 43.3. The molecule has 1 aromatic heterocycles. The van der Waals surface area contributed by atoms with Crippen LogP contribution in [0.25, 0.3) is 11.3 Å². The van der Waals surface area contributed by atoms with Crippen molar-refractivity contribution in [3.63, 3.8) is 0 Å². The third-order valence-corrected chi connectivity index (χ3v) is 6.05. The Labute approximate surface area is 191 Å². The van der Waals surface area contributed by atoms with Gasteiger partial charge in [0.2, 0.25) is 5.91 Å². The highest BCUT2D eigenvalue weighted by molar-refractivity contribution is 5.99. The monoisotopic (exact) mass is 453 g/mol. The maximum absolute atomic E-state index is 13.0. The van der Waals surface area contributed by atoms with Gasteiger partial charge in [0, 0.05) is 23.2 Å². The minimum atomic E-state index is -1.13. The van der Waals surface area contributed by atoms with Crippen LogP contribution in [0.15, 0.2) is 30.3 Å². The maximum Gasteiger partial charge on any atom is 0.326 e. The van der Waals surface area contributed by atoms with E-state index in [4.69, 9.17) is 9.47 Å². The summed E-state index contributed by atoms with van der Waals surface area (Å²) in [5.74, 6) is -3.14. The number of aliphatic carboxylic acids is 1. The van der Waals surface area contributed by atoms with Gasteiger partial charge >= 0.3 is 5.97 Å². The lowest BCUT2D eigenvalue weighted by atomic mass is 9.99. The van der Waals surface area contributed by atoms with Crippen molar-refractivity contribution in [1.82, 2.24) is 15.2 Å². The van der Waals surface area contributed by atoms with E-state index in [0.717, 1.165) is 11.1 Å². The summed E-state index contributed by atoms with van der Waals surface area (Å²) in [7, 11) is 0. The zero-order valence-electron chi connectivity index (χ0n) is 18.9. The van der Waals surface area contributed by atoms with E-state index in [1.165, 1.54) is 4.90 Å². The van der Waals surface area contributed by atoms with Crippen molar-refractivity contribution >= 4 is 17.8 Å². The summed E-state index contributed by atoms with van der Waals surface area (Å²) in [6.45, 7) is 6.01. The molecule has 2 fully saturated rings. The molecule has 0 saturated carbocycles. The van der Waals surface area contributed by atoms with Crippen LogP contribution < -0.4 is 5.32 Å². The Morgan fingerprint density at radius 1 is 1.18 bits per heavy atom. The minimum absolute atomic E-state index is 0.0174. The number of aryl methyl sites for hydroxylation is 2. The van der Waals surface area contributed by atoms with E-state index in [2.05, 4.69) is 10.3 Å². The van der Waals surface area contributed by atoms with Crippen molar-refractivity contribution in [2.45, 2.75) is 39.0 Å². The minimum Gasteiger partial charge on any atom is -0.480 e. The first-order chi connectivity index (χ1) is 15.7. The lowest BCUT2D eigenvalue weighted by Crippen LogP contribution is -2.46. The summed E-state index contributed by atoms with van der Waals surface area (Å²) < 4.78 is 11.2. The Bertz CT molecular complexity index is 1110. The second-order valence-corrected chi connectivity index (χ2v) is 8.52. The molecule has 2 N–H and O–H groups in total. The van der Waals surface area contributed by atoms with Crippen molar-refractivity contribution in [2.75, 3.05) is 26.3 Å². The van der Waals surface area contributed by atoms with Crippen LogP contribution in [-0.2, 0) is 19.1 Å². The molecule has 4 rings (SSSR count). The van der Waals surface area contributed by atoms with Crippen molar-refractivity contribution in [3.05, 3.63) is 52.7 Å². The molecule has 1 unspecified atom stereocenters. The van der Waals surface area contributed by atoms with Crippen LogP contribution >= 0.6 is 0 Å². The van der Waals surface area contributed by atoms with Crippen molar-refractivity contribution in [3.8, 4) is 11.3 Å². The van der Waals surface area contributed by atoms with E-state index < -0.39 is 29.6 Å². The lowest BCUT2D eigenvalue weighted by molar-refractivity contribution is -0.152. The molecule has 9 nitrogen and oxygen atoms in total. The molecule has 174 valence electrons. The molecular formula is C24H27N3O6. The number of aromatic nitrogens is 1. The van der Waals surface area contributed by atoms with Gasteiger partial charge in [0.25, 0.3) is 5.91 Å². The van der Waals surface area contributed by atoms with Crippen molar-refractivity contribution < 1.29 is 29.0 Å². The van der Waals surface area contributed by atoms with Gasteiger partial charge in [0.15, 0.2) is 5.79 Å². The molecule has 0 aliphatic carbocycles. The van der Waals surface area contributed by atoms with Crippen LogP contribution in [0.1, 0.15) is 33.6 Å². The summed E-state index contributed by atoms with van der Waals surface area (Å²) in [6.07, 6.45) is 0.0600. The predicted molar refractivity (Wildman–Crippen MR) is 119 cm³/mol. The SMILES string of the molecule is Cc1cccc(-c2nc(C)cc(C(=O)NCC(=O)N3CC4(CC3C(=O)O)OCCO4)c2C)c1. The zero-order valence-corrected chi connectivity index (χ0v) is 18.9. The number of benzene rings is 1. The van der Waals surface area contributed by atoms with E-state index in [0.29, 0.717) is 35.7 Å². The third-order valence-electron chi connectivity index (χ3n) is 6.05. The van der Waals surface area contributed by atoms with E-state index >= 15 is 0 Å². The number of pyridine rings is 1. The first-order valence-corrected chi connectivity index (χ1v) is 10.8. The average molecular weight is 453 g/mol. The molecule has 3 heterocycles. The van der Waals surface area contributed by atoms with Crippen LogP contribution in [0.5, 0.6) is 0 Å². The Hall–Kier alpha value is -3.30. The van der Waals surface area contributed by atoms with E-state index in [1.54, 1.807) is 6.07 Å². The number of nitrogens with zero attached hydrogens (tertiary/aromatic N) is 2. The molecule has 0 bridgehead atoms. The van der Waals surface area contributed by atoms with Gasteiger partial charge in [0.1, 0.15) is 6.04 Å². The molecule has 2 aliphatic heterocycles. The second-order valence-electron chi connectivity index (χ2n) is 8.52. The fourth-order valence-corrected chi connectivity index (χ4v) is 4.43. The number of ether oxygens (including phenoxy) is 2. The van der Waals surface area contributed by atoms with Gasteiger partial charge in [-0.15, -0.1) is 0 Å². The number of rotatable bonds is 5. The highest BCUT2D eigenvalue weighted by atomic mass is 16.7. The first-order valence-electron chi connectivity index (χ1n) is 10.8. The average Bonchev–Trinajstić information content (AvgIpc) is 3.40. The van der Waals surface area contributed by atoms with Gasteiger partial charge in [-0.1, -0.05) is 23.8 Å². The number of carbonyl (C=O) groups is 3. The number of hydrogen-bond acceptors (Lipinski definition) is 6. The molecule has 1 aromatic carbocycles. The molecule has 1 atom stereocenters. The van der Waals surface area contributed by atoms with Gasteiger partial charge < -0.3 is 24.8 Å². The van der Waals surface area contributed by atoms with Gasteiger partial charge in [-0.3, -0.25) is 14.6 Å². The maximum atomic E-state index is 13.0. The van der Waals surface area contributed by atoms with Crippen LogP contribution in [0.3, 0.4) is 0 Å². The standard InChI is InChI=1S/C24H27N3O6/c1-14-5-4-6-17(9-14)21-16(3)18(10-15(2)26-21)22(29)25-12-20(28)27-13-24(32-7-8-33-24)11-19(27)23(30)31/h4-6,9-10,19H,7-8,11-13H2,1-3H3,(H,25,29)(H,30,31). The molecule has 0 radical (unpaired) electrons. The van der Waals surface area contributed by atoms with Crippen LogP contribution in [0.2, 0.25) is 0 Å². The number of amides is 2. The summed E-state index contributed by atoms with van der Waals surface area (Å²) in [5.41, 5.74) is 4.49. The van der Waals surface area contributed by atoms with Gasteiger partial charge in [0.05, 0.1) is 32.0 Å². The van der Waals surface area contributed by atoms with Crippen LogP contribution in [0.4, 0.5) is 0 Å². The number of carboxylic acids is 1. The normalized spacial score (nSPS) is 19.1. The summed E-state index contributed by atoms with van der Waals surface area (Å²) in [5, 5.41) is 12.2. The van der Waals surface area contributed by atoms with Gasteiger partial charge in [-0.25, -0.2) is 4.79 Å². The number of hydrogen-bond donors (Lipinski definition) is 2. The molecule has 2 aliphatic rings. The second kappa shape index (κ2) is 8.92. The van der Waals surface area contributed by atoms with Gasteiger partial charge in [-0.2, -0.15) is 0 Å². The Morgan fingerprint density at radius 2 is 1.91 bits per heavy atom. The smallest absolute Gasteiger partial charge is 0.326 e. The van der Waals surface area contributed by atoms with Crippen molar-refractivity contribution in [1.29, 1.82) is 0 Å². The number of likely N-dealkylation sites (tertiary alicyclic amines) is 1. The molecule has 33 heavy (non-hydrogen) atoms. The molecule has 1 spiro atoms. The highest BCUT2D eigenvalue weighted by Crippen LogP contribution is 2.34. The molecule has 2 saturated heterocycles. The Balaban J connectivity index is 1.50. The number of nitrogens with one attached hydrogen (secondary N) is 1. The number of carboxylic acid groups (broad SMARTS) is 1. The quantitative estimate of drug-likeness (QED) is 0.709. The van der Waals surface area contributed by atoms with E-state index in [-0.39, 0.29) is 19.5 Å². The van der Waals surface area contributed by atoms with Crippen LogP contribution in [-0.4, -0.2) is 70.9 Å². The first kappa shape index (κ1) is 22.9. The fraction of sp³-hybridized carbons (Fsp3) is 0.417. The van der Waals surface area contributed by atoms with E-state index in [1.807, 2.05) is 45.0 Å². The third kappa shape index (κ3) is 4.60. The largest absolute Gasteiger partial charge is 0.480 e. The molecule has 2 aromatic rings. The fourth-order valence-electron chi connectivity index (χ4n) is 4.43. The summed E-state index contributed by atoms with van der Waals surface area (Å²) in [6, 6.07) is 8.48. The highest BCUT2D eigenvalue weighted by Gasteiger charge is 2.52. The molecule has 2 amide bonds. The van der Waals surface area contributed by atoms with Gasteiger partial charge in [-0.05, 0) is 38.5 Å². The van der Waals surface area contributed by atoms with E-state index in [9.17, 15) is 19.5 Å². The predicted octanol–water partition coefficient (Wildman–Crippen LogP) is 1.83. The topological polar surface area (TPSA) is 118 Å². The van der Waals surface area contributed by atoms with Crippen molar-refractivity contribution in [2.24, 2.45) is 0 Å². The number of carbonyl (C=O) groups excluding carboxylic acids is 2. The Morgan fingerprint density at radius 3 is 2.58 bits per heavy atom. The summed E-state index contributed by atoms with van der Waals surface area (Å²) >= 11 is 0. The lowest BCUT2D eigenvalue weighted by Gasteiger charge is -2.23.